The molecule has 0 saturated carbocycles. The molecule has 0 radical (unpaired) electrons. The fraction of sp³-hybridized carbons (Fsp3) is 0.333. The Hall–Kier alpha value is -3.48. The molecular formula is C24H30O7. The number of phenolic OH excluding ortho intramolecular Hbond substituents is 2. The molecule has 3 N–H and O–H groups in total. The Morgan fingerprint density at radius 2 is 1.58 bits per heavy atom. The minimum Gasteiger partial charge on any atom is -0.504 e. The van der Waals surface area contributed by atoms with Crippen LogP contribution in [0, 0.1) is 0 Å². The summed E-state index contributed by atoms with van der Waals surface area (Å²) >= 11 is 0. The molecule has 0 bridgehead atoms. The Kier molecular flexibility index (Phi) is 9.12. The van der Waals surface area contributed by atoms with Crippen molar-refractivity contribution < 1.29 is 34.4 Å². The molecular weight excluding hydrogens is 400 g/mol. The number of allylic oxidation sites excluding steroid dienone is 1. The van der Waals surface area contributed by atoms with Crippen LogP contribution in [-0.4, -0.2) is 41.3 Å². The predicted molar refractivity (Wildman–Crippen MR) is 118 cm³/mol. The number of hydrogen-bond donors (Lipinski definition) is 3. The molecule has 7 heteroatoms. The monoisotopic (exact) mass is 430 g/mol. The number of ether oxygens (including phenoxy) is 2. The van der Waals surface area contributed by atoms with Crippen molar-refractivity contribution >= 4 is 11.8 Å². The summed E-state index contributed by atoms with van der Waals surface area (Å²) in [5.74, 6) is 0.393. The number of carboxylic acid groups (broad SMARTS) is 1. The topological polar surface area (TPSA) is 113 Å². The zero-order chi connectivity index (χ0) is 23.8. The van der Waals surface area contributed by atoms with Crippen LogP contribution < -0.4 is 9.47 Å². The van der Waals surface area contributed by atoms with Crippen molar-refractivity contribution in [2.75, 3.05) is 14.2 Å². The first kappa shape index (κ1) is 25.6. The standard InChI is InChI=1S/C12H14O3.C7H8O2.C5H8O2/c1-12(2)6-10(14)7-4-11(15-3)9(13)5-8(7)12;1-9-7-5-3-2-4-6(7)8;1-4(2)3-5(6)7/h4-5,13H,6H2,1-3H3;2-5,8H,1H3;3H,1-2H3,(H,6,7). The quantitative estimate of drug-likeness (QED) is 0.605. The maximum atomic E-state index is 11.7. The maximum absolute atomic E-state index is 11.7. The van der Waals surface area contributed by atoms with Gasteiger partial charge in [-0.05, 0) is 49.1 Å². The van der Waals surface area contributed by atoms with Gasteiger partial charge in [0.05, 0.1) is 14.2 Å². The third-order valence-corrected chi connectivity index (χ3v) is 4.45. The van der Waals surface area contributed by atoms with E-state index in [0.717, 1.165) is 11.1 Å². The number of carbonyl (C=O) groups is 2. The highest BCUT2D eigenvalue weighted by Crippen LogP contribution is 2.43. The maximum Gasteiger partial charge on any atom is 0.328 e. The summed E-state index contributed by atoms with van der Waals surface area (Å²) in [7, 11) is 3.00. The lowest BCUT2D eigenvalue weighted by atomic mass is 9.86. The van der Waals surface area contributed by atoms with Crippen LogP contribution in [0.4, 0.5) is 0 Å². The number of rotatable bonds is 3. The molecule has 3 rings (SSSR count). The van der Waals surface area contributed by atoms with Crippen LogP contribution in [0.3, 0.4) is 0 Å². The summed E-state index contributed by atoms with van der Waals surface area (Å²) in [5, 5.41) is 26.6. The lowest BCUT2D eigenvalue weighted by molar-refractivity contribution is -0.131. The highest BCUT2D eigenvalue weighted by molar-refractivity contribution is 6.02. The SMILES string of the molecule is CC(C)=CC(=O)O.COc1cc2c(cc1O)C(C)(C)CC2=O.COc1ccccc1O. The average Bonchev–Trinajstić information content (AvgIpc) is 2.89. The molecule has 0 spiro atoms. The van der Waals surface area contributed by atoms with Gasteiger partial charge < -0.3 is 24.8 Å². The number of aliphatic carboxylic acids is 1. The molecule has 0 fully saturated rings. The predicted octanol–water partition coefficient (Wildman–Crippen LogP) is 4.70. The summed E-state index contributed by atoms with van der Waals surface area (Å²) in [6.45, 7) is 7.49. The Morgan fingerprint density at radius 1 is 1.00 bits per heavy atom. The zero-order valence-corrected chi connectivity index (χ0v) is 18.7. The number of benzene rings is 2. The van der Waals surface area contributed by atoms with Crippen molar-refractivity contribution in [1.29, 1.82) is 0 Å². The molecule has 168 valence electrons. The fourth-order valence-corrected chi connectivity index (χ4v) is 2.99. The second-order valence-corrected chi connectivity index (χ2v) is 7.79. The summed E-state index contributed by atoms with van der Waals surface area (Å²) < 4.78 is 9.78. The van der Waals surface area contributed by atoms with Gasteiger partial charge in [0.15, 0.2) is 28.8 Å². The molecule has 0 atom stereocenters. The van der Waals surface area contributed by atoms with Crippen LogP contribution in [0.15, 0.2) is 48.0 Å². The second-order valence-electron chi connectivity index (χ2n) is 7.79. The van der Waals surface area contributed by atoms with E-state index in [-0.39, 0.29) is 22.7 Å². The van der Waals surface area contributed by atoms with Gasteiger partial charge in [0.2, 0.25) is 0 Å². The molecule has 0 saturated heterocycles. The van der Waals surface area contributed by atoms with Crippen LogP contribution >= 0.6 is 0 Å². The minimum absolute atomic E-state index is 0.0963. The normalized spacial score (nSPS) is 12.9. The van der Waals surface area contributed by atoms with Crippen LogP contribution in [0.25, 0.3) is 0 Å². The van der Waals surface area contributed by atoms with Crippen molar-refractivity contribution in [2.24, 2.45) is 0 Å². The van der Waals surface area contributed by atoms with Gasteiger partial charge >= 0.3 is 5.97 Å². The van der Waals surface area contributed by atoms with Crippen molar-refractivity contribution in [3.05, 3.63) is 59.2 Å². The van der Waals surface area contributed by atoms with Gasteiger partial charge in [-0.2, -0.15) is 0 Å². The molecule has 0 amide bonds. The van der Waals surface area contributed by atoms with Gasteiger partial charge in [-0.1, -0.05) is 31.6 Å². The van der Waals surface area contributed by atoms with E-state index in [2.05, 4.69) is 0 Å². The Bertz CT molecular complexity index is 954. The Morgan fingerprint density at radius 3 is 2.00 bits per heavy atom. The molecule has 2 aromatic carbocycles. The first-order valence-electron chi connectivity index (χ1n) is 9.57. The van der Waals surface area contributed by atoms with Gasteiger partial charge in [-0.3, -0.25) is 4.79 Å². The highest BCUT2D eigenvalue weighted by Gasteiger charge is 2.36. The molecule has 7 nitrogen and oxygen atoms in total. The summed E-state index contributed by atoms with van der Waals surface area (Å²) in [6, 6.07) is 10.1. The largest absolute Gasteiger partial charge is 0.504 e. The summed E-state index contributed by atoms with van der Waals surface area (Å²) in [5.41, 5.74) is 2.21. The van der Waals surface area contributed by atoms with Crippen LogP contribution in [0.2, 0.25) is 0 Å². The molecule has 0 unspecified atom stereocenters. The fourth-order valence-electron chi connectivity index (χ4n) is 2.99. The van der Waals surface area contributed by atoms with Crippen molar-refractivity contribution in [2.45, 2.75) is 39.5 Å². The average molecular weight is 430 g/mol. The second kappa shape index (κ2) is 11.1. The number of carboxylic acids is 1. The molecule has 1 aliphatic rings. The molecule has 1 aliphatic carbocycles. The van der Waals surface area contributed by atoms with Crippen LogP contribution in [-0.2, 0) is 10.2 Å². The van der Waals surface area contributed by atoms with Crippen molar-refractivity contribution in [3.8, 4) is 23.0 Å². The van der Waals surface area contributed by atoms with E-state index in [1.807, 2.05) is 13.8 Å². The number of ketones is 1. The molecule has 2 aromatic rings. The van der Waals surface area contributed by atoms with E-state index in [1.165, 1.54) is 20.3 Å². The third-order valence-electron chi connectivity index (χ3n) is 4.45. The number of phenols is 2. The van der Waals surface area contributed by atoms with Crippen molar-refractivity contribution in [3.63, 3.8) is 0 Å². The van der Waals surface area contributed by atoms with E-state index in [4.69, 9.17) is 19.7 Å². The number of Topliss-reactive ketones (excluding diaryl/α,β-unsaturated/α-hetero) is 1. The van der Waals surface area contributed by atoms with Crippen LogP contribution in [0.1, 0.15) is 50.0 Å². The van der Waals surface area contributed by atoms with E-state index < -0.39 is 5.97 Å². The lowest BCUT2D eigenvalue weighted by Crippen LogP contribution is -2.12. The lowest BCUT2D eigenvalue weighted by Gasteiger charge is -2.18. The van der Waals surface area contributed by atoms with Gasteiger partial charge in [0.1, 0.15) is 0 Å². The Balaban J connectivity index is 0.000000257. The van der Waals surface area contributed by atoms with Crippen molar-refractivity contribution in [1.82, 2.24) is 0 Å². The van der Waals surface area contributed by atoms with Gasteiger partial charge in [0, 0.05) is 18.1 Å². The Labute approximate surface area is 182 Å². The molecule has 31 heavy (non-hydrogen) atoms. The minimum atomic E-state index is -0.875. The molecule has 0 aromatic heterocycles. The number of aromatic hydroxyl groups is 2. The van der Waals surface area contributed by atoms with E-state index in [0.29, 0.717) is 23.5 Å². The molecule has 0 heterocycles. The number of methoxy groups -OCH3 is 2. The zero-order valence-electron chi connectivity index (χ0n) is 18.7. The summed E-state index contributed by atoms with van der Waals surface area (Å²) in [4.78, 5) is 21.5. The van der Waals surface area contributed by atoms with E-state index in [9.17, 15) is 14.7 Å². The van der Waals surface area contributed by atoms with Gasteiger partial charge in [0.25, 0.3) is 0 Å². The smallest absolute Gasteiger partial charge is 0.328 e. The van der Waals surface area contributed by atoms with Crippen LogP contribution in [0.5, 0.6) is 23.0 Å². The van der Waals surface area contributed by atoms with E-state index >= 15 is 0 Å². The third kappa shape index (κ3) is 7.37. The van der Waals surface area contributed by atoms with E-state index in [1.54, 1.807) is 50.2 Å². The van der Waals surface area contributed by atoms with Gasteiger partial charge in [-0.25, -0.2) is 4.79 Å². The highest BCUT2D eigenvalue weighted by atomic mass is 16.5. The van der Waals surface area contributed by atoms with Gasteiger partial charge in [-0.15, -0.1) is 0 Å². The number of para-hydroxylation sites is 2. The number of hydrogen-bond acceptors (Lipinski definition) is 6. The first-order valence-corrected chi connectivity index (χ1v) is 9.57. The number of fused-ring (bicyclic) bond motifs is 1. The number of carbonyl (C=O) groups excluding carboxylic acids is 1. The summed E-state index contributed by atoms with van der Waals surface area (Å²) in [6.07, 6.45) is 1.66. The first-order chi connectivity index (χ1) is 14.4. The molecule has 0 aliphatic heterocycles.